The Kier molecular flexibility index (Phi) is 3.90. The van der Waals surface area contributed by atoms with Gasteiger partial charge in [0.2, 0.25) is 0 Å². The highest BCUT2D eigenvalue weighted by atomic mass is 19.1. The third-order valence-electron chi connectivity index (χ3n) is 4.69. The molecule has 0 saturated carbocycles. The number of fused-ring (bicyclic) bond motifs is 1. The zero-order valence-corrected chi connectivity index (χ0v) is 15.3. The predicted molar refractivity (Wildman–Crippen MR) is 104 cm³/mol. The summed E-state index contributed by atoms with van der Waals surface area (Å²) in [6.07, 6.45) is 6.74. The summed E-state index contributed by atoms with van der Waals surface area (Å²) in [6, 6.07) is 11.0. The lowest BCUT2D eigenvalue weighted by atomic mass is 10.1. The first-order chi connectivity index (χ1) is 14.1. The second kappa shape index (κ2) is 6.59. The Hall–Kier alpha value is -3.94. The van der Waals surface area contributed by atoms with Crippen LogP contribution in [0.25, 0.3) is 39.2 Å². The molecule has 5 aromatic rings. The van der Waals surface area contributed by atoms with Crippen LogP contribution in [0, 0.1) is 11.6 Å². The minimum atomic E-state index is -0.675. The maximum absolute atomic E-state index is 14.1. The lowest BCUT2D eigenvalue weighted by Gasteiger charge is -2.07. The number of hydrogen-bond donors (Lipinski definition) is 0. The summed E-state index contributed by atoms with van der Waals surface area (Å²) in [5.74, 6) is -0.771. The molecule has 0 unspecified atom stereocenters. The van der Waals surface area contributed by atoms with E-state index < -0.39 is 11.6 Å². The summed E-state index contributed by atoms with van der Waals surface area (Å²) in [5.41, 5.74) is 4.22. The van der Waals surface area contributed by atoms with Crippen LogP contribution in [-0.2, 0) is 7.05 Å². The van der Waals surface area contributed by atoms with Gasteiger partial charge in [0.1, 0.15) is 30.1 Å². The van der Waals surface area contributed by atoms with Gasteiger partial charge in [-0.05, 0) is 29.8 Å². The molecule has 5 rings (SSSR count). The first-order valence-corrected chi connectivity index (χ1v) is 8.82. The van der Waals surface area contributed by atoms with Gasteiger partial charge in [0.05, 0.1) is 22.9 Å². The van der Waals surface area contributed by atoms with Gasteiger partial charge in [-0.15, -0.1) is 0 Å². The number of halogens is 2. The van der Waals surface area contributed by atoms with E-state index in [-0.39, 0.29) is 5.56 Å². The highest BCUT2D eigenvalue weighted by Crippen LogP contribution is 2.26. The van der Waals surface area contributed by atoms with E-state index in [1.165, 1.54) is 18.5 Å². The van der Waals surface area contributed by atoms with E-state index in [4.69, 9.17) is 0 Å². The molecule has 8 heteroatoms. The van der Waals surface area contributed by atoms with Gasteiger partial charge in [0, 0.05) is 36.5 Å². The summed E-state index contributed by atoms with van der Waals surface area (Å²) in [7, 11) is 1.87. The van der Waals surface area contributed by atoms with Crippen LogP contribution in [0.4, 0.5) is 8.78 Å². The van der Waals surface area contributed by atoms with Gasteiger partial charge >= 0.3 is 0 Å². The zero-order valence-electron chi connectivity index (χ0n) is 15.3. The van der Waals surface area contributed by atoms with E-state index in [1.807, 2.05) is 31.4 Å². The molecular formula is C21H14F2N6. The lowest BCUT2D eigenvalue weighted by Crippen LogP contribution is -1.98. The van der Waals surface area contributed by atoms with Crippen molar-refractivity contribution in [3.63, 3.8) is 0 Å². The molecular weight excluding hydrogens is 374 g/mol. The molecule has 0 saturated heterocycles. The normalized spacial score (nSPS) is 11.3. The smallest absolute Gasteiger partial charge is 0.142 e. The fourth-order valence-electron chi connectivity index (χ4n) is 3.27. The monoisotopic (exact) mass is 388 g/mol. The Morgan fingerprint density at radius 3 is 2.59 bits per heavy atom. The molecule has 0 fully saturated rings. The summed E-state index contributed by atoms with van der Waals surface area (Å²) >= 11 is 0. The van der Waals surface area contributed by atoms with Crippen molar-refractivity contribution < 1.29 is 8.78 Å². The summed E-state index contributed by atoms with van der Waals surface area (Å²) in [6.45, 7) is 0. The van der Waals surface area contributed by atoms with Crippen molar-refractivity contribution in [2.75, 3.05) is 0 Å². The molecule has 0 aliphatic carbocycles. The highest BCUT2D eigenvalue weighted by Gasteiger charge is 2.12. The van der Waals surface area contributed by atoms with E-state index >= 15 is 0 Å². The predicted octanol–water partition coefficient (Wildman–Crippen LogP) is 4.16. The van der Waals surface area contributed by atoms with Gasteiger partial charge in [-0.3, -0.25) is 9.25 Å². The van der Waals surface area contributed by atoms with Crippen LogP contribution in [0.5, 0.6) is 0 Å². The fourth-order valence-corrected chi connectivity index (χ4v) is 3.27. The minimum absolute atomic E-state index is 0.207. The largest absolute Gasteiger partial charge is 0.283 e. The van der Waals surface area contributed by atoms with Gasteiger partial charge in [-0.1, -0.05) is 6.07 Å². The molecule has 0 aliphatic heterocycles. The Balaban J connectivity index is 1.57. The van der Waals surface area contributed by atoms with Gasteiger partial charge in [-0.25, -0.2) is 23.7 Å². The molecule has 0 atom stereocenters. The molecule has 0 amide bonds. The van der Waals surface area contributed by atoms with Gasteiger partial charge in [-0.2, -0.15) is 5.10 Å². The summed E-state index contributed by atoms with van der Waals surface area (Å²) < 4.78 is 30.9. The average molecular weight is 388 g/mol. The second-order valence-electron chi connectivity index (χ2n) is 6.61. The van der Waals surface area contributed by atoms with Crippen LogP contribution < -0.4 is 0 Å². The molecule has 0 aliphatic rings. The first-order valence-electron chi connectivity index (χ1n) is 8.82. The van der Waals surface area contributed by atoms with Crippen molar-refractivity contribution in [2.45, 2.75) is 0 Å². The number of aryl methyl sites for hydroxylation is 1. The Morgan fingerprint density at radius 1 is 0.897 bits per heavy atom. The van der Waals surface area contributed by atoms with E-state index in [0.717, 1.165) is 28.2 Å². The topological polar surface area (TPSA) is 61.4 Å². The molecule has 142 valence electrons. The van der Waals surface area contributed by atoms with E-state index in [9.17, 15) is 8.78 Å². The van der Waals surface area contributed by atoms with Gasteiger partial charge in [0.25, 0.3) is 0 Å². The molecule has 3 heterocycles. The molecule has 0 radical (unpaired) electrons. The van der Waals surface area contributed by atoms with Crippen LogP contribution in [0.2, 0.25) is 0 Å². The molecule has 3 aromatic heterocycles. The fraction of sp³-hybridized carbons (Fsp3) is 0.0476. The summed E-state index contributed by atoms with van der Waals surface area (Å²) in [4.78, 5) is 12.9. The number of benzene rings is 2. The molecule has 2 aromatic carbocycles. The van der Waals surface area contributed by atoms with E-state index in [1.54, 1.807) is 27.8 Å². The number of nitrogens with zero attached hydrogens (tertiary/aromatic N) is 6. The number of rotatable bonds is 3. The molecule has 0 spiro atoms. The van der Waals surface area contributed by atoms with Crippen LogP contribution in [0.15, 0.2) is 67.5 Å². The van der Waals surface area contributed by atoms with Crippen molar-refractivity contribution in [2.24, 2.45) is 7.05 Å². The molecule has 6 nitrogen and oxygen atoms in total. The van der Waals surface area contributed by atoms with Crippen molar-refractivity contribution in [3.05, 3.63) is 79.1 Å². The Labute approximate surface area is 164 Å². The van der Waals surface area contributed by atoms with Gasteiger partial charge < -0.3 is 0 Å². The third-order valence-corrected chi connectivity index (χ3v) is 4.69. The molecule has 0 bridgehead atoms. The van der Waals surface area contributed by atoms with Crippen molar-refractivity contribution >= 4 is 11.0 Å². The summed E-state index contributed by atoms with van der Waals surface area (Å²) in [5, 5.41) is 4.20. The highest BCUT2D eigenvalue weighted by molar-refractivity contribution is 5.83. The zero-order chi connectivity index (χ0) is 20.0. The molecule has 29 heavy (non-hydrogen) atoms. The SMILES string of the molecule is Cn1cc(-c2ccc3c(c2)ncn3-c2cc(-c3ccc(F)cc3F)ncn2)cn1. The van der Waals surface area contributed by atoms with E-state index in [0.29, 0.717) is 11.5 Å². The quantitative estimate of drug-likeness (QED) is 0.466. The Morgan fingerprint density at radius 2 is 1.79 bits per heavy atom. The maximum Gasteiger partial charge on any atom is 0.142 e. The second-order valence-corrected chi connectivity index (χ2v) is 6.61. The lowest BCUT2D eigenvalue weighted by molar-refractivity contribution is 0.585. The average Bonchev–Trinajstić information content (AvgIpc) is 3.34. The third kappa shape index (κ3) is 3.04. The van der Waals surface area contributed by atoms with Crippen molar-refractivity contribution in [1.82, 2.24) is 29.3 Å². The van der Waals surface area contributed by atoms with Crippen LogP contribution in [0.1, 0.15) is 0 Å². The minimum Gasteiger partial charge on any atom is -0.283 e. The standard InChI is InChI=1S/C21H14F2N6/c1-28-10-14(9-27-28)13-2-5-20-19(6-13)26-12-29(20)21-8-18(24-11-25-21)16-4-3-15(22)7-17(16)23/h2-12H,1H3. The molecule has 0 N–H and O–H groups in total. The first kappa shape index (κ1) is 17.2. The van der Waals surface area contributed by atoms with Crippen LogP contribution in [-0.4, -0.2) is 29.3 Å². The maximum atomic E-state index is 14.1. The van der Waals surface area contributed by atoms with Crippen molar-refractivity contribution in [1.29, 1.82) is 0 Å². The van der Waals surface area contributed by atoms with Crippen LogP contribution >= 0.6 is 0 Å². The number of hydrogen-bond acceptors (Lipinski definition) is 4. The van der Waals surface area contributed by atoms with Crippen molar-refractivity contribution in [3.8, 4) is 28.2 Å². The Bertz CT molecular complexity index is 1350. The van der Waals surface area contributed by atoms with E-state index in [2.05, 4.69) is 20.1 Å². The van der Waals surface area contributed by atoms with Gasteiger partial charge in [0.15, 0.2) is 0 Å². The van der Waals surface area contributed by atoms with Crippen LogP contribution in [0.3, 0.4) is 0 Å². The number of aromatic nitrogens is 6. The number of imidazole rings is 1.